The van der Waals surface area contributed by atoms with E-state index in [0.717, 1.165) is 44.9 Å². The minimum atomic E-state index is -0.675. The number of rotatable bonds is 13. The summed E-state index contributed by atoms with van der Waals surface area (Å²) in [7, 11) is 0. The summed E-state index contributed by atoms with van der Waals surface area (Å²) in [5.41, 5.74) is 0. The second kappa shape index (κ2) is 15.7. The number of hydrogen-bond donors (Lipinski definition) is 1. The highest BCUT2D eigenvalue weighted by Gasteiger charge is 1.95. The average molecular weight is 278 g/mol. The van der Waals surface area contributed by atoms with Crippen LogP contribution in [0.2, 0.25) is 0 Å². The molecule has 0 radical (unpaired) electrons. The van der Waals surface area contributed by atoms with Gasteiger partial charge in [0, 0.05) is 6.42 Å². The molecule has 0 rings (SSSR count). The molecule has 0 aromatic heterocycles. The van der Waals surface area contributed by atoms with Crippen molar-refractivity contribution in [2.24, 2.45) is 0 Å². The second-order valence-electron chi connectivity index (χ2n) is 4.99. The lowest BCUT2D eigenvalue weighted by molar-refractivity contribution is -0.137. The maximum Gasteiger partial charge on any atom is 0.303 e. The second-order valence-corrected chi connectivity index (χ2v) is 4.99. The van der Waals surface area contributed by atoms with Gasteiger partial charge in [-0.15, -0.1) is 0 Å². The summed E-state index contributed by atoms with van der Waals surface area (Å²) >= 11 is 0. The molecule has 114 valence electrons. The van der Waals surface area contributed by atoms with Crippen LogP contribution < -0.4 is 0 Å². The van der Waals surface area contributed by atoms with Gasteiger partial charge in [-0.05, 0) is 38.5 Å². The molecule has 0 fully saturated rings. The van der Waals surface area contributed by atoms with Crippen molar-refractivity contribution in [1.82, 2.24) is 0 Å². The molecule has 0 aromatic rings. The third-order valence-corrected chi connectivity index (χ3v) is 3.04. The summed E-state index contributed by atoms with van der Waals surface area (Å²) in [6, 6.07) is 0. The number of carbonyl (C=O) groups is 1. The molecular formula is C18H30O2. The normalized spacial score (nSPS) is 12.1. The van der Waals surface area contributed by atoms with E-state index in [1.807, 2.05) is 0 Å². The van der Waals surface area contributed by atoms with Gasteiger partial charge in [0.25, 0.3) is 0 Å². The topological polar surface area (TPSA) is 37.3 Å². The predicted molar refractivity (Wildman–Crippen MR) is 86.9 cm³/mol. The third-order valence-electron chi connectivity index (χ3n) is 3.04. The Kier molecular flexibility index (Phi) is 14.7. The summed E-state index contributed by atoms with van der Waals surface area (Å²) in [5.74, 6) is -0.675. The summed E-state index contributed by atoms with van der Waals surface area (Å²) < 4.78 is 0. The first-order valence-electron chi connectivity index (χ1n) is 7.94. The fourth-order valence-corrected chi connectivity index (χ4v) is 1.90. The Bertz CT molecular complexity index is 301. The number of allylic oxidation sites excluding steroid dienone is 6. The zero-order chi connectivity index (χ0) is 14.9. The Morgan fingerprint density at radius 3 is 2.00 bits per heavy atom. The molecule has 20 heavy (non-hydrogen) atoms. The molecule has 0 aliphatic heterocycles. The Morgan fingerprint density at radius 1 is 0.800 bits per heavy atom. The van der Waals surface area contributed by atoms with Gasteiger partial charge in [-0.2, -0.15) is 0 Å². The van der Waals surface area contributed by atoms with Gasteiger partial charge in [0.2, 0.25) is 0 Å². The van der Waals surface area contributed by atoms with Crippen LogP contribution in [0.3, 0.4) is 0 Å². The molecule has 2 nitrogen and oxygen atoms in total. The van der Waals surface area contributed by atoms with Crippen LogP contribution in [-0.2, 0) is 4.79 Å². The van der Waals surface area contributed by atoms with Gasteiger partial charge < -0.3 is 5.11 Å². The summed E-state index contributed by atoms with van der Waals surface area (Å²) in [4.78, 5) is 10.3. The van der Waals surface area contributed by atoms with Gasteiger partial charge in [0.15, 0.2) is 0 Å². The highest BCUT2D eigenvalue weighted by molar-refractivity contribution is 5.66. The Morgan fingerprint density at radius 2 is 1.35 bits per heavy atom. The van der Waals surface area contributed by atoms with Crippen LogP contribution in [0, 0.1) is 0 Å². The van der Waals surface area contributed by atoms with Crippen LogP contribution in [0.1, 0.15) is 71.1 Å². The average Bonchev–Trinajstić information content (AvgIpc) is 2.43. The van der Waals surface area contributed by atoms with Crippen molar-refractivity contribution in [3.8, 4) is 0 Å². The van der Waals surface area contributed by atoms with E-state index in [2.05, 4.69) is 43.4 Å². The van der Waals surface area contributed by atoms with Gasteiger partial charge in [-0.3, -0.25) is 4.79 Å². The Labute approximate surface area is 124 Å². The van der Waals surface area contributed by atoms with Crippen LogP contribution in [0.15, 0.2) is 36.5 Å². The molecule has 0 saturated carbocycles. The molecule has 0 saturated heterocycles. The number of carboxylic acid groups (broad SMARTS) is 1. The van der Waals surface area contributed by atoms with Crippen LogP contribution in [-0.4, -0.2) is 11.1 Å². The van der Waals surface area contributed by atoms with Gasteiger partial charge in [-0.1, -0.05) is 62.6 Å². The monoisotopic (exact) mass is 278 g/mol. The van der Waals surface area contributed by atoms with Crippen molar-refractivity contribution >= 4 is 5.97 Å². The number of unbranched alkanes of at least 4 members (excludes halogenated alkanes) is 5. The molecular weight excluding hydrogens is 248 g/mol. The lowest BCUT2D eigenvalue weighted by Crippen LogP contribution is -1.93. The fourth-order valence-electron chi connectivity index (χ4n) is 1.90. The third kappa shape index (κ3) is 16.7. The quantitative estimate of drug-likeness (QED) is 0.348. The fraction of sp³-hybridized carbons (Fsp3) is 0.611. The zero-order valence-corrected chi connectivity index (χ0v) is 12.9. The van der Waals surface area contributed by atoms with Crippen LogP contribution in [0.25, 0.3) is 0 Å². The summed E-state index contributed by atoms with van der Waals surface area (Å²) in [6.45, 7) is 2.15. The maximum absolute atomic E-state index is 10.3. The SMILES string of the molecule is CCC=CC/C=C/C/C=C/CCCCCCCC(=O)O. The molecule has 1 N–H and O–H groups in total. The molecule has 0 amide bonds. The molecule has 0 unspecified atom stereocenters. The van der Waals surface area contributed by atoms with E-state index in [4.69, 9.17) is 5.11 Å². The Hall–Kier alpha value is -1.31. The molecule has 0 spiro atoms. The molecule has 0 heterocycles. The maximum atomic E-state index is 10.3. The number of aliphatic carboxylic acids is 1. The van der Waals surface area contributed by atoms with Crippen molar-refractivity contribution < 1.29 is 9.90 Å². The van der Waals surface area contributed by atoms with Crippen molar-refractivity contribution in [2.75, 3.05) is 0 Å². The predicted octanol–water partition coefficient (Wildman–Crippen LogP) is 5.66. The highest BCUT2D eigenvalue weighted by atomic mass is 16.4. The lowest BCUT2D eigenvalue weighted by atomic mass is 10.1. The lowest BCUT2D eigenvalue weighted by Gasteiger charge is -1.98. The number of carboxylic acids is 1. The smallest absolute Gasteiger partial charge is 0.303 e. The van der Waals surface area contributed by atoms with E-state index in [0.29, 0.717) is 6.42 Å². The summed E-state index contributed by atoms with van der Waals surface area (Å²) in [5, 5.41) is 8.50. The van der Waals surface area contributed by atoms with Crippen molar-refractivity contribution in [2.45, 2.75) is 71.1 Å². The van der Waals surface area contributed by atoms with E-state index in [-0.39, 0.29) is 0 Å². The standard InChI is InChI=1S/C18H30O2/c1-2-3-4-5-6-7-8-9-10-11-12-13-14-15-16-17-18(19)20/h3-4,6-7,9-10H,2,5,8,11-17H2,1H3,(H,19,20)/b4-3?,7-6+,10-9+. The van der Waals surface area contributed by atoms with E-state index in [1.54, 1.807) is 0 Å². The van der Waals surface area contributed by atoms with Gasteiger partial charge in [0.05, 0.1) is 0 Å². The highest BCUT2D eigenvalue weighted by Crippen LogP contribution is 2.07. The minimum Gasteiger partial charge on any atom is -0.481 e. The van der Waals surface area contributed by atoms with Crippen LogP contribution >= 0.6 is 0 Å². The molecule has 2 heteroatoms. The molecule has 0 aliphatic rings. The van der Waals surface area contributed by atoms with Crippen LogP contribution in [0.5, 0.6) is 0 Å². The van der Waals surface area contributed by atoms with E-state index in [1.165, 1.54) is 12.8 Å². The van der Waals surface area contributed by atoms with E-state index < -0.39 is 5.97 Å². The molecule has 0 atom stereocenters. The minimum absolute atomic E-state index is 0.319. The van der Waals surface area contributed by atoms with Crippen molar-refractivity contribution in [3.05, 3.63) is 36.5 Å². The van der Waals surface area contributed by atoms with Crippen molar-refractivity contribution in [1.29, 1.82) is 0 Å². The van der Waals surface area contributed by atoms with Gasteiger partial charge >= 0.3 is 5.97 Å². The van der Waals surface area contributed by atoms with Crippen LogP contribution in [0.4, 0.5) is 0 Å². The Balaban J connectivity index is 3.23. The molecule has 0 bridgehead atoms. The van der Waals surface area contributed by atoms with Gasteiger partial charge in [-0.25, -0.2) is 0 Å². The number of hydrogen-bond acceptors (Lipinski definition) is 1. The molecule has 0 aromatic carbocycles. The van der Waals surface area contributed by atoms with Gasteiger partial charge in [0.1, 0.15) is 0 Å². The first-order chi connectivity index (χ1) is 9.77. The largest absolute Gasteiger partial charge is 0.481 e. The summed E-state index contributed by atoms with van der Waals surface area (Å²) in [6.07, 6.45) is 23.4. The van der Waals surface area contributed by atoms with E-state index in [9.17, 15) is 4.79 Å². The first-order valence-corrected chi connectivity index (χ1v) is 7.94. The van der Waals surface area contributed by atoms with Crippen molar-refractivity contribution in [3.63, 3.8) is 0 Å². The zero-order valence-electron chi connectivity index (χ0n) is 12.9. The van der Waals surface area contributed by atoms with E-state index >= 15 is 0 Å². The first kappa shape index (κ1) is 18.7. The molecule has 0 aliphatic carbocycles.